The first-order chi connectivity index (χ1) is 21.8. The Balaban J connectivity index is 1.88. The molecule has 2 saturated heterocycles. The molecule has 45 heavy (non-hydrogen) atoms. The summed E-state index contributed by atoms with van der Waals surface area (Å²) in [5.41, 5.74) is 17.5. The van der Waals surface area contributed by atoms with Gasteiger partial charge in [0, 0.05) is 19.6 Å². The number of nitrogens with one attached hydrogen (secondary N) is 2. The third-order valence-corrected chi connectivity index (χ3v) is 9.35. The highest BCUT2D eigenvalue weighted by molar-refractivity contribution is 5.95. The summed E-state index contributed by atoms with van der Waals surface area (Å²) < 4.78 is 0. The zero-order valence-corrected chi connectivity index (χ0v) is 28.2. The number of amides is 4. The second kappa shape index (κ2) is 23.1. The van der Waals surface area contributed by atoms with E-state index >= 15 is 0 Å². The molecule has 2 rings (SSSR count). The molecule has 11 nitrogen and oxygen atoms in total. The van der Waals surface area contributed by atoms with Crippen molar-refractivity contribution >= 4 is 23.6 Å². The number of unbranched alkanes of at least 4 members (excludes halogenated alkanes) is 11. The quantitative estimate of drug-likeness (QED) is 0.101. The molecule has 0 aromatic heterocycles. The van der Waals surface area contributed by atoms with Crippen LogP contribution in [0.15, 0.2) is 0 Å². The molecule has 2 fully saturated rings. The van der Waals surface area contributed by atoms with E-state index in [0.29, 0.717) is 71.2 Å². The van der Waals surface area contributed by atoms with Crippen molar-refractivity contribution in [2.45, 2.75) is 160 Å². The van der Waals surface area contributed by atoms with Crippen molar-refractivity contribution in [3.8, 4) is 0 Å². The third-order valence-electron chi connectivity index (χ3n) is 9.35. The van der Waals surface area contributed by atoms with Gasteiger partial charge in [-0.25, -0.2) is 0 Å². The van der Waals surface area contributed by atoms with E-state index in [-0.39, 0.29) is 23.6 Å². The summed E-state index contributed by atoms with van der Waals surface area (Å²) in [5, 5.41) is 6.03. The van der Waals surface area contributed by atoms with Gasteiger partial charge < -0.3 is 37.6 Å². The maximum atomic E-state index is 13.8. The average Bonchev–Trinajstić information content (AvgIpc) is 3.73. The van der Waals surface area contributed by atoms with Crippen LogP contribution in [-0.2, 0) is 19.2 Å². The first kappa shape index (κ1) is 38.9. The number of likely N-dealkylation sites (tertiary alicyclic amines) is 2. The summed E-state index contributed by atoms with van der Waals surface area (Å²) in [5.74, 6) is -0.900. The number of carbonyl (C=O) groups excluding carboxylic acids is 4. The lowest BCUT2D eigenvalue weighted by atomic mass is 10.1. The van der Waals surface area contributed by atoms with Crippen LogP contribution >= 0.6 is 0 Å². The van der Waals surface area contributed by atoms with Crippen LogP contribution in [0.4, 0.5) is 0 Å². The number of hydrogen-bond acceptors (Lipinski definition) is 7. The SMILES string of the molecule is CCCCCCCCCCCCNC(=O)[C@@H]1CCCN1C(=O)[C@H](CCCCN)NC(=O)[C@@H]1CCCN1C(=O)[C@@H](N)CCCCN. The molecule has 4 amide bonds. The molecule has 260 valence electrons. The molecule has 0 bridgehead atoms. The van der Waals surface area contributed by atoms with E-state index in [9.17, 15) is 19.2 Å². The molecular weight excluding hydrogens is 570 g/mol. The normalized spacial score (nSPS) is 19.5. The molecule has 0 unspecified atom stereocenters. The molecule has 11 heteroatoms. The predicted octanol–water partition coefficient (Wildman–Crippen LogP) is 3.08. The molecule has 4 atom stereocenters. The van der Waals surface area contributed by atoms with Crippen LogP contribution in [-0.4, -0.2) is 90.3 Å². The molecule has 0 spiro atoms. The van der Waals surface area contributed by atoms with E-state index in [2.05, 4.69) is 17.6 Å². The first-order valence-corrected chi connectivity index (χ1v) is 18.2. The fourth-order valence-electron chi connectivity index (χ4n) is 6.61. The van der Waals surface area contributed by atoms with Crippen LogP contribution < -0.4 is 27.8 Å². The number of nitrogens with two attached hydrogens (primary N) is 3. The molecule has 0 aromatic carbocycles. The van der Waals surface area contributed by atoms with Crippen molar-refractivity contribution in [3.63, 3.8) is 0 Å². The molecule has 8 N–H and O–H groups in total. The monoisotopic (exact) mass is 636 g/mol. The van der Waals surface area contributed by atoms with Gasteiger partial charge in [0.15, 0.2) is 0 Å². The summed E-state index contributed by atoms with van der Waals surface area (Å²) in [6, 6.07) is -2.61. The fourth-order valence-corrected chi connectivity index (χ4v) is 6.61. The molecule has 0 aromatic rings. The van der Waals surface area contributed by atoms with E-state index in [0.717, 1.165) is 38.5 Å². The Morgan fingerprint density at radius 3 is 1.76 bits per heavy atom. The Labute approximate surface area is 272 Å². The van der Waals surface area contributed by atoms with Crippen LogP contribution in [0.1, 0.15) is 135 Å². The summed E-state index contributed by atoms with van der Waals surface area (Å²) in [4.78, 5) is 56.8. The Morgan fingerprint density at radius 2 is 1.18 bits per heavy atom. The largest absolute Gasteiger partial charge is 0.354 e. The Hall–Kier alpha value is -2.24. The minimum absolute atomic E-state index is 0.111. The number of hydrogen-bond donors (Lipinski definition) is 5. The number of carbonyl (C=O) groups is 4. The zero-order chi connectivity index (χ0) is 32.9. The van der Waals surface area contributed by atoms with Crippen molar-refractivity contribution in [1.82, 2.24) is 20.4 Å². The summed E-state index contributed by atoms with van der Waals surface area (Å²) in [6.07, 6.45) is 18.9. The van der Waals surface area contributed by atoms with E-state index in [1.165, 1.54) is 51.4 Å². The molecule has 0 aliphatic carbocycles. The maximum Gasteiger partial charge on any atom is 0.245 e. The first-order valence-electron chi connectivity index (χ1n) is 18.2. The minimum atomic E-state index is -0.768. The lowest BCUT2D eigenvalue weighted by molar-refractivity contribution is -0.143. The van der Waals surface area contributed by atoms with Gasteiger partial charge in [-0.15, -0.1) is 0 Å². The molecule has 2 aliphatic heterocycles. The smallest absolute Gasteiger partial charge is 0.245 e. The molecule has 2 aliphatic rings. The lowest BCUT2D eigenvalue weighted by Crippen LogP contribution is -2.57. The average molecular weight is 636 g/mol. The molecule has 2 heterocycles. The van der Waals surface area contributed by atoms with E-state index in [1.807, 2.05) is 0 Å². The number of nitrogens with zero attached hydrogens (tertiary/aromatic N) is 2. The van der Waals surface area contributed by atoms with E-state index < -0.39 is 24.2 Å². The second-order valence-electron chi connectivity index (χ2n) is 13.1. The fraction of sp³-hybridized carbons (Fsp3) is 0.882. The highest BCUT2D eigenvalue weighted by Gasteiger charge is 2.40. The standard InChI is InChI=1S/C34H65N7O4/c1-2-3-4-5-6-7-8-9-10-15-24-38-31(42)29-20-16-26-41(29)34(45)28(19-12-14-23-36)39-32(43)30-21-17-25-40(30)33(44)27(37)18-11-13-22-35/h27-30H,2-26,35-37H2,1H3,(H,38,42)(H,39,43)/t27-,28-,29-,30-/m0/s1. The Bertz CT molecular complexity index is 873. The van der Waals surface area contributed by atoms with Gasteiger partial charge in [-0.05, 0) is 77.3 Å². The molecule has 0 radical (unpaired) electrons. The van der Waals surface area contributed by atoms with E-state index in [1.54, 1.807) is 9.80 Å². The van der Waals surface area contributed by atoms with Gasteiger partial charge >= 0.3 is 0 Å². The van der Waals surface area contributed by atoms with Crippen LogP contribution in [0, 0.1) is 0 Å². The highest BCUT2D eigenvalue weighted by atomic mass is 16.2. The second-order valence-corrected chi connectivity index (χ2v) is 13.1. The zero-order valence-electron chi connectivity index (χ0n) is 28.2. The summed E-state index contributed by atoms with van der Waals surface area (Å²) in [7, 11) is 0. The number of rotatable bonds is 24. The van der Waals surface area contributed by atoms with Crippen molar-refractivity contribution in [2.24, 2.45) is 17.2 Å². The topological polar surface area (TPSA) is 177 Å². The van der Waals surface area contributed by atoms with Gasteiger partial charge in [0.25, 0.3) is 0 Å². The maximum absolute atomic E-state index is 13.8. The third kappa shape index (κ3) is 14.0. The van der Waals surface area contributed by atoms with Gasteiger partial charge in [-0.3, -0.25) is 19.2 Å². The van der Waals surface area contributed by atoms with Crippen molar-refractivity contribution in [2.75, 3.05) is 32.7 Å². The Morgan fingerprint density at radius 1 is 0.667 bits per heavy atom. The van der Waals surface area contributed by atoms with Gasteiger partial charge in [-0.1, -0.05) is 71.1 Å². The Kier molecular flexibility index (Phi) is 20.0. The lowest BCUT2D eigenvalue weighted by Gasteiger charge is -2.31. The van der Waals surface area contributed by atoms with Gasteiger partial charge in [0.05, 0.1) is 6.04 Å². The van der Waals surface area contributed by atoms with Gasteiger partial charge in [0.1, 0.15) is 18.1 Å². The van der Waals surface area contributed by atoms with Crippen LogP contribution in [0.5, 0.6) is 0 Å². The minimum Gasteiger partial charge on any atom is -0.354 e. The van der Waals surface area contributed by atoms with Crippen molar-refractivity contribution in [3.05, 3.63) is 0 Å². The van der Waals surface area contributed by atoms with Gasteiger partial charge in [0.2, 0.25) is 23.6 Å². The molecular formula is C34H65N7O4. The van der Waals surface area contributed by atoms with Crippen molar-refractivity contribution in [1.29, 1.82) is 0 Å². The van der Waals surface area contributed by atoms with E-state index in [4.69, 9.17) is 17.2 Å². The van der Waals surface area contributed by atoms with Crippen LogP contribution in [0.25, 0.3) is 0 Å². The van der Waals surface area contributed by atoms with Crippen molar-refractivity contribution < 1.29 is 19.2 Å². The van der Waals surface area contributed by atoms with Gasteiger partial charge in [-0.2, -0.15) is 0 Å². The molecule has 0 saturated carbocycles. The predicted molar refractivity (Wildman–Crippen MR) is 180 cm³/mol. The van der Waals surface area contributed by atoms with Crippen LogP contribution in [0.3, 0.4) is 0 Å². The van der Waals surface area contributed by atoms with Crippen LogP contribution in [0.2, 0.25) is 0 Å². The summed E-state index contributed by atoms with van der Waals surface area (Å²) >= 11 is 0. The summed E-state index contributed by atoms with van der Waals surface area (Å²) in [6.45, 7) is 4.86. The highest BCUT2D eigenvalue weighted by Crippen LogP contribution is 2.23.